The Balaban J connectivity index is 1.45. The van der Waals surface area contributed by atoms with Crippen LogP contribution in [0.4, 0.5) is 0 Å². The Kier molecular flexibility index (Phi) is 4.68. The van der Waals surface area contributed by atoms with Crippen molar-refractivity contribution in [3.63, 3.8) is 0 Å². The zero-order chi connectivity index (χ0) is 28.7. The average molecular weight is 549 g/mol. The second-order valence-corrected chi connectivity index (χ2v) is 10.7. The first-order valence-corrected chi connectivity index (χ1v) is 14.1. The van der Waals surface area contributed by atoms with E-state index in [0.29, 0.717) is 16.8 Å². The molecule has 0 saturated carbocycles. The molecular formula is C38H20N4O. The second-order valence-electron chi connectivity index (χ2n) is 10.7. The van der Waals surface area contributed by atoms with Gasteiger partial charge in [-0.2, -0.15) is 10.5 Å². The van der Waals surface area contributed by atoms with E-state index in [9.17, 15) is 10.5 Å². The fourth-order valence-electron chi connectivity index (χ4n) is 6.85. The van der Waals surface area contributed by atoms with E-state index in [2.05, 4.69) is 106 Å². The summed E-state index contributed by atoms with van der Waals surface area (Å²) in [5.74, 6) is 0. The zero-order valence-corrected chi connectivity index (χ0v) is 22.7. The van der Waals surface area contributed by atoms with Crippen molar-refractivity contribution in [1.82, 2.24) is 9.13 Å². The summed E-state index contributed by atoms with van der Waals surface area (Å²) in [6.07, 6.45) is 0. The predicted molar refractivity (Wildman–Crippen MR) is 172 cm³/mol. The van der Waals surface area contributed by atoms with Crippen molar-refractivity contribution < 1.29 is 4.42 Å². The molecule has 0 saturated heterocycles. The van der Waals surface area contributed by atoms with Crippen LogP contribution < -0.4 is 0 Å². The van der Waals surface area contributed by atoms with Gasteiger partial charge in [-0.1, -0.05) is 60.7 Å². The van der Waals surface area contributed by atoms with Gasteiger partial charge < -0.3 is 13.6 Å². The summed E-state index contributed by atoms with van der Waals surface area (Å²) < 4.78 is 11.3. The summed E-state index contributed by atoms with van der Waals surface area (Å²) in [5.41, 5.74) is 8.22. The minimum absolute atomic E-state index is 0.354. The maximum Gasteiger partial charge on any atom is 0.145 e. The van der Waals surface area contributed by atoms with Gasteiger partial charge in [0.25, 0.3) is 0 Å². The standard InChI is InChI=1S/C38H20N4O/c39-21-23-9-8-16-32(29(23)22-40)42-31-15-7-5-13-28(31)36-34(42)20-18-26-25-17-19-33-35(37(25)43-38(26)36)27-12-4-6-14-30(27)41(33)24-10-2-1-3-11-24/h1-20H. The number of aromatic nitrogens is 2. The molecule has 5 nitrogen and oxygen atoms in total. The Morgan fingerprint density at radius 1 is 0.465 bits per heavy atom. The highest BCUT2D eigenvalue weighted by molar-refractivity contribution is 6.29. The van der Waals surface area contributed by atoms with Crippen molar-refractivity contribution >= 4 is 65.6 Å². The van der Waals surface area contributed by atoms with Crippen molar-refractivity contribution in [2.45, 2.75) is 0 Å². The molecule has 9 rings (SSSR count). The monoisotopic (exact) mass is 548 g/mol. The van der Waals surface area contributed by atoms with Crippen molar-refractivity contribution in [2.75, 3.05) is 0 Å². The molecule has 0 spiro atoms. The molecule has 0 amide bonds. The van der Waals surface area contributed by atoms with Crippen molar-refractivity contribution in [3.05, 3.63) is 132 Å². The molecule has 3 aromatic heterocycles. The van der Waals surface area contributed by atoms with E-state index < -0.39 is 0 Å². The number of para-hydroxylation sites is 3. The lowest BCUT2D eigenvalue weighted by Gasteiger charge is -2.10. The maximum absolute atomic E-state index is 10.1. The Morgan fingerprint density at radius 2 is 1.05 bits per heavy atom. The van der Waals surface area contributed by atoms with Gasteiger partial charge in [0.2, 0.25) is 0 Å². The first kappa shape index (κ1) is 23.4. The number of nitriles is 2. The molecule has 0 aliphatic rings. The summed E-state index contributed by atoms with van der Waals surface area (Å²) in [6.45, 7) is 0. The van der Waals surface area contributed by atoms with Gasteiger partial charge in [0.15, 0.2) is 0 Å². The van der Waals surface area contributed by atoms with Gasteiger partial charge in [-0.3, -0.25) is 0 Å². The highest BCUT2D eigenvalue weighted by Gasteiger charge is 2.23. The van der Waals surface area contributed by atoms with Crippen LogP contribution in [0.5, 0.6) is 0 Å². The van der Waals surface area contributed by atoms with E-state index in [4.69, 9.17) is 4.42 Å². The van der Waals surface area contributed by atoms with Crippen molar-refractivity contribution in [2.24, 2.45) is 0 Å². The van der Waals surface area contributed by atoms with Crippen LogP contribution in [0.25, 0.3) is 76.9 Å². The molecule has 0 aliphatic heterocycles. The third kappa shape index (κ3) is 3.03. The quantitative estimate of drug-likeness (QED) is 0.216. The molecule has 0 radical (unpaired) electrons. The smallest absolute Gasteiger partial charge is 0.145 e. The minimum atomic E-state index is 0.354. The largest absolute Gasteiger partial charge is 0.455 e. The van der Waals surface area contributed by atoms with E-state index in [1.54, 1.807) is 6.07 Å². The fourth-order valence-corrected chi connectivity index (χ4v) is 6.85. The lowest BCUT2D eigenvalue weighted by Crippen LogP contribution is -1.99. The van der Waals surface area contributed by atoms with Gasteiger partial charge in [0, 0.05) is 27.2 Å². The van der Waals surface area contributed by atoms with E-state index in [1.165, 1.54) is 0 Å². The van der Waals surface area contributed by atoms with Crippen LogP contribution in [0.3, 0.4) is 0 Å². The van der Waals surface area contributed by atoms with E-state index in [-0.39, 0.29) is 0 Å². The SMILES string of the molecule is N#Cc1cccc(-n2c3ccccc3c3c4oc5c(ccc6c5c5ccccc5n6-c5ccccc5)c4ccc32)c1C#N. The maximum atomic E-state index is 10.1. The number of benzene rings is 6. The summed E-state index contributed by atoms with van der Waals surface area (Å²) >= 11 is 0. The molecule has 0 fully saturated rings. The lowest BCUT2D eigenvalue weighted by atomic mass is 10.1. The third-order valence-corrected chi connectivity index (χ3v) is 8.61. The van der Waals surface area contributed by atoms with Crippen molar-refractivity contribution in [3.8, 4) is 23.5 Å². The lowest BCUT2D eigenvalue weighted by molar-refractivity contribution is 0.677. The van der Waals surface area contributed by atoms with Crippen LogP contribution in [0.2, 0.25) is 0 Å². The molecule has 43 heavy (non-hydrogen) atoms. The number of rotatable bonds is 2. The van der Waals surface area contributed by atoms with E-state index in [1.807, 2.05) is 30.3 Å². The summed E-state index contributed by atoms with van der Waals surface area (Å²) in [7, 11) is 0. The predicted octanol–water partition coefficient (Wildman–Crippen LogP) is 9.52. The minimum Gasteiger partial charge on any atom is -0.455 e. The molecule has 0 atom stereocenters. The van der Waals surface area contributed by atoms with Gasteiger partial charge in [0.05, 0.1) is 49.7 Å². The van der Waals surface area contributed by atoms with Gasteiger partial charge in [-0.25, -0.2) is 0 Å². The zero-order valence-electron chi connectivity index (χ0n) is 22.7. The number of furan rings is 1. The third-order valence-electron chi connectivity index (χ3n) is 8.61. The van der Waals surface area contributed by atoms with Gasteiger partial charge in [-0.05, 0) is 60.7 Å². The number of hydrogen-bond donors (Lipinski definition) is 0. The molecule has 0 unspecified atom stereocenters. The highest BCUT2D eigenvalue weighted by atomic mass is 16.3. The molecule has 9 aromatic rings. The highest BCUT2D eigenvalue weighted by Crippen LogP contribution is 2.44. The first-order chi connectivity index (χ1) is 21.3. The van der Waals surface area contributed by atoms with Gasteiger partial charge >= 0.3 is 0 Å². The Hall–Kier alpha value is -6.30. The van der Waals surface area contributed by atoms with Crippen LogP contribution >= 0.6 is 0 Å². The van der Waals surface area contributed by atoms with Crippen LogP contribution in [0.1, 0.15) is 11.1 Å². The number of fused-ring (bicyclic) bond motifs is 11. The van der Waals surface area contributed by atoms with Crippen LogP contribution in [0, 0.1) is 22.7 Å². The normalized spacial score (nSPS) is 11.7. The van der Waals surface area contributed by atoms with Crippen LogP contribution in [0.15, 0.2) is 126 Å². The molecule has 6 aromatic carbocycles. The number of hydrogen-bond acceptors (Lipinski definition) is 3. The van der Waals surface area contributed by atoms with Crippen LogP contribution in [-0.2, 0) is 0 Å². The fraction of sp³-hybridized carbons (Fsp3) is 0. The van der Waals surface area contributed by atoms with Gasteiger partial charge in [-0.15, -0.1) is 0 Å². The molecular weight excluding hydrogens is 528 g/mol. The topological polar surface area (TPSA) is 70.6 Å². The summed E-state index contributed by atoms with van der Waals surface area (Å²) in [5, 5.41) is 26.1. The Morgan fingerprint density at radius 3 is 1.67 bits per heavy atom. The second kappa shape index (κ2) is 8.60. The first-order valence-electron chi connectivity index (χ1n) is 14.1. The average Bonchev–Trinajstić information content (AvgIpc) is 3.72. The van der Waals surface area contributed by atoms with E-state index in [0.717, 1.165) is 71.2 Å². The molecule has 0 bridgehead atoms. The van der Waals surface area contributed by atoms with Crippen LogP contribution in [-0.4, -0.2) is 9.13 Å². The molecule has 0 aliphatic carbocycles. The van der Waals surface area contributed by atoms with Crippen molar-refractivity contribution in [1.29, 1.82) is 10.5 Å². The Labute approximate surface area is 245 Å². The molecule has 0 N–H and O–H groups in total. The van der Waals surface area contributed by atoms with E-state index >= 15 is 0 Å². The van der Waals surface area contributed by atoms with Gasteiger partial charge in [0.1, 0.15) is 23.3 Å². The summed E-state index contributed by atoms with van der Waals surface area (Å²) in [6, 6.07) is 45.5. The Bertz CT molecular complexity index is 2690. The number of nitrogens with zero attached hydrogens (tertiary/aromatic N) is 4. The molecule has 5 heteroatoms. The molecule has 3 heterocycles. The molecule has 198 valence electrons. The summed E-state index contributed by atoms with van der Waals surface area (Å²) in [4.78, 5) is 0.